The van der Waals surface area contributed by atoms with Crippen LogP contribution < -0.4 is 0 Å². The molecule has 0 saturated heterocycles. The SMILES string of the molecule is Cc1nc(-c2ccc(F)c(Br)c2)nc(Cl)c1C. The van der Waals surface area contributed by atoms with Gasteiger partial charge in [0.2, 0.25) is 0 Å². The van der Waals surface area contributed by atoms with Crippen molar-refractivity contribution in [2.24, 2.45) is 0 Å². The Morgan fingerprint density at radius 3 is 2.53 bits per heavy atom. The Bertz CT molecular complexity index is 564. The lowest BCUT2D eigenvalue weighted by Gasteiger charge is -2.06. The van der Waals surface area contributed by atoms with E-state index >= 15 is 0 Å². The fraction of sp³-hybridized carbons (Fsp3) is 0.167. The van der Waals surface area contributed by atoms with Crippen LogP contribution in [0.5, 0.6) is 0 Å². The first kappa shape index (κ1) is 12.5. The van der Waals surface area contributed by atoms with Gasteiger partial charge in [-0.15, -0.1) is 0 Å². The molecule has 1 heterocycles. The van der Waals surface area contributed by atoms with E-state index < -0.39 is 0 Å². The van der Waals surface area contributed by atoms with Crippen molar-refractivity contribution >= 4 is 27.5 Å². The third-order valence-corrected chi connectivity index (χ3v) is 3.48. The predicted octanol–water partition coefficient (Wildman–Crippen LogP) is 4.32. The molecule has 0 atom stereocenters. The molecule has 88 valence electrons. The fourth-order valence-corrected chi connectivity index (χ4v) is 1.95. The Kier molecular flexibility index (Phi) is 3.45. The molecule has 0 spiro atoms. The quantitative estimate of drug-likeness (QED) is 0.733. The first-order chi connectivity index (χ1) is 7.99. The van der Waals surface area contributed by atoms with Gasteiger partial charge in [-0.25, -0.2) is 14.4 Å². The highest BCUT2D eigenvalue weighted by Crippen LogP contribution is 2.25. The van der Waals surface area contributed by atoms with Crippen LogP contribution >= 0.6 is 27.5 Å². The number of hydrogen-bond acceptors (Lipinski definition) is 2. The summed E-state index contributed by atoms with van der Waals surface area (Å²) >= 11 is 9.13. The van der Waals surface area contributed by atoms with E-state index in [9.17, 15) is 4.39 Å². The predicted molar refractivity (Wildman–Crippen MR) is 69.6 cm³/mol. The molecule has 0 bridgehead atoms. The summed E-state index contributed by atoms with van der Waals surface area (Å²) in [4.78, 5) is 8.52. The molecule has 0 saturated carbocycles. The van der Waals surface area contributed by atoms with Crippen molar-refractivity contribution in [3.63, 3.8) is 0 Å². The summed E-state index contributed by atoms with van der Waals surface area (Å²) in [5.41, 5.74) is 2.40. The van der Waals surface area contributed by atoms with E-state index in [4.69, 9.17) is 11.6 Å². The van der Waals surface area contributed by atoms with Gasteiger partial charge in [-0.05, 0) is 48.0 Å². The second-order valence-corrected chi connectivity index (χ2v) is 4.89. The van der Waals surface area contributed by atoms with E-state index in [1.54, 1.807) is 12.1 Å². The van der Waals surface area contributed by atoms with Gasteiger partial charge in [-0.3, -0.25) is 0 Å². The molecule has 17 heavy (non-hydrogen) atoms. The zero-order chi connectivity index (χ0) is 12.6. The molecule has 1 aromatic carbocycles. The molecule has 1 aromatic heterocycles. The van der Waals surface area contributed by atoms with Gasteiger partial charge in [0.05, 0.1) is 4.47 Å². The number of halogens is 3. The molecule has 0 aliphatic rings. The van der Waals surface area contributed by atoms with Gasteiger partial charge in [0.1, 0.15) is 11.0 Å². The maximum Gasteiger partial charge on any atom is 0.161 e. The summed E-state index contributed by atoms with van der Waals surface area (Å²) in [6.45, 7) is 3.73. The zero-order valence-electron chi connectivity index (χ0n) is 9.26. The largest absolute Gasteiger partial charge is 0.233 e. The van der Waals surface area contributed by atoms with Crippen molar-refractivity contribution in [2.45, 2.75) is 13.8 Å². The van der Waals surface area contributed by atoms with Crippen LogP contribution in [-0.4, -0.2) is 9.97 Å². The van der Waals surface area contributed by atoms with Crippen LogP contribution in [0.4, 0.5) is 4.39 Å². The lowest BCUT2D eigenvalue weighted by molar-refractivity contribution is 0.621. The smallest absolute Gasteiger partial charge is 0.161 e. The molecular formula is C12H9BrClFN2. The summed E-state index contributed by atoms with van der Waals surface area (Å²) in [5, 5.41) is 0.424. The molecule has 2 rings (SSSR count). The van der Waals surface area contributed by atoms with Crippen molar-refractivity contribution in [1.29, 1.82) is 0 Å². The molecule has 0 aliphatic heterocycles. The molecule has 0 fully saturated rings. The minimum Gasteiger partial charge on any atom is -0.233 e. The first-order valence-corrected chi connectivity index (χ1v) is 6.12. The van der Waals surface area contributed by atoms with Crippen LogP contribution in [0.1, 0.15) is 11.3 Å². The Morgan fingerprint density at radius 1 is 1.24 bits per heavy atom. The highest BCUT2D eigenvalue weighted by Gasteiger charge is 2.09. The lowest BCUT2D eigenvalue weighted by Crippen LogP contribution is -1.96. The van der Waals surface area contributed by atoms with Crippen LogP contribution in [0.3, 0.4) is 0 Å². The van der Waals surface area contributed by atoms with E-state index in [1.807, 2.05) is 13.8 Å². The first-order valence-electron chi connectivity index (χ1n) is 4.95. The molecule has 0 amide bonds. The zero-order valence-corrected chi connectivity index (χ0v) is 11.6. The second-order valence-electron chi connectivity index (χ2n) is 3.68. The van der Waals surface area contributed by atoms with Crippen LogP contribution in [-0.2, 0) is 0 Å². The maximum absolute atomic E-state index is 13.1. The summed E-state index contributed by atoms with van der Waals surface area (Å²) in [7, 11) is 0. The van der Waals surface area contributed by atoms with Crippen molar-refractivity contribution in [3.05, 3.63) is 44.9 Å². The van der Waals surface area contributed by atoms with Gasteiger partial charge in [0.25, 0.3) is 0 Å². The van der Waals surface area contributed by atoms with Gasteiger partial charge in [0, 0.05) is 16.8 Å². The van der Waals surface area contributed by atoms with Gasteiger partial charge >= 0.3 is 0 Å². The number of benzene rings is 1. The van der Waals surface area contributed by atoms with Gasteiger partial charge in [-0.1, -0.05) is 11.6 Å². The molecule has 2 nitrogen and oxygen atoms in total. The minimum absolute atomic E-state index is 0.316. The van der Waals surface area contributed by atoms with Crippen LogP contribution in [0.2, 0.25) is 5.15 Å². The summed E-state index contributed by atoms with van der Waals surface area (Å²) < 4.78 is 13.5. The number of rotatable bonds is 1. The van der Waals surface area contributed by atoms with Gasteiger partial charge in [-0.2, -0.15) is 0 Å². The van der Waals surface area contributed by atoms with E-state index in [0.717, 1.165) is 16.8 Å². The molecule has 5 heteroatoms. The van der Waals surface area contributed by atoms with Gasteiger partial charge < -0.3 is 0 Å². The normalized spacial score (nSPS) is 10.6. The van der Waals surface area contributed by atoms with Crippen molar-refractivity contribution < 1.29 is 4.39 Å². The topological polar surface area (TPSA) is 25.8 Å². The highest BCUT2D eigenvalue weighted by atomic mass is 79.9. The summed E-state index contributed by atoms with van der Waals surface area (Å²) in [6, 6.07) is 4.63. The Morgan fingerprint density at radius 2 is 1.94 bits per heavy atom. The average Bonchev–Trinajstić information content (AvgIpc) is 2.29. The van der Waals surface area contributed by atoms with Crippen molar-refractivity contribution in [2.75, 3.05) is 0 Å². The average molecular weight is 316 g/mol. The third kappa shape index (κ3) is 2.48. The summed E-state index contributed by atoms with van der Waals surface area (Å²) in [6.07, 6.45) is 0. The molecular weight excluding hydrogens is 307 g/mol. The number of aromatic nitrogens is 2. The van der Waals surface area contributed by atoms with E-state index in [-0.39, 0.29) is 5.82 Å². The highest BCUT2D eigenvalue weighted by molar-refractivity contribution is 9.10. The number of aryl methyl sites for hydroxylation is 1. The van der Waals surface area contributed by atoms with Crippen LogP contribution in [0, 0.1) is 19.7 Å². The van der Waals surface area contributed by atoms with Gasteiger partial charge in [0.15, 0.2) is 5.82 Å². The van der Waals surface area contributed by atoms with Crippen LogP contribution in [0.25, 0.3) is 11.4 Å². The molecule has 0 radical (unpaired) electrons. The summed E-state index contributed by atoms with van der Waals surface area (Å²) in [5.74, 6) is 0.183. The second kappa shape index (κ2) is 4.70. The molecule has 2 aromatic rings. The van der Waals surface area contributed by atoms with Crippen molar-refractivity contribution in [3.8, 4) is 11.4 Å². The third-order valence-electron chi connectivity index (χ3n) is 2.51. The Hall–Kier alpha value is -1.00. The maximum atomic E-state index is 13.1. The van der Waals surface area contributed by atoms with E-state index in [0.29, 0.717) is 15.5 Å². The Balaban J connectivity index is 2.57. The van der Waals surface area contributed by atoms with Crippen LogP contribution in [0.15, 0.2) is 22.7 Å². The molecule has 0 unspecified atom stereocenters. The van der Waals surface area contributed by atoms with E-state index in [2.05, 4.69) is 25.9 Å². The fourth-order valence-electron chi connectivity index (χ4n) is 1.36. The monoisotopic (exact) mass is 314 g/mol. The Labute approximate surface area is 112 Å². The number of nitrogens with zero attached hydrogens (tertiary/aromatic N) is 2. The molecule has 0 aliphatic carbocycles. The van der Waals surface area contributed by atoms with Crippen molar-refractivity contribution in [1.82, 2.24) is 9.97 Å². The standard InChI is InChI=1S/C12H9BrClFN2/c1-6-7(2)16-12(17-11(6)14)8-3-4-10(15)9(13)5-8/h3-5H,1-2H3. The minimum atomic E-state index is -0.316. The van der Waals surface area contributed by atoms with E-state index in [1.165, 1.54) is 6.07 Å². The number of hydrogen-bond donors (Lipinski definition) is 0. The molecule has 0 N–H and O–H groups in total. The lowest BCUT2D eigenvalue weighted by atomic mass is 10.2.